The van der Waals surface area contributed by atoms with Crippen molar-refractivity contribution >= 4 is 33.2 Å². The van der Waals surface area contributed by atoms with Crippen LogP contribution in [0.1, 0.15) is 17.4 Å². The minimum atomic E-state index is -3.79. The van der Waals surface area contributed by atoms with Crippen molar-refractivity contribution in [3.05, 3.63) is 47.2 Å². The van der Waals surface area contributed by atoms with Gasteiger partial charge in [-0.25, -0.2) is 12.4 Å². The van der Waals surface area contributed by atoms with Crippen molar-refractivity contribution < 1.29 is 13.2 Å². The first-order valence-corrected chi connectivity index (χ1v) is 7.83. The SMILES string of the molecule is CCN1C(=O)c2cccn2S(=O)(=O)c2ccc(Cl)cc21. The van der Waals surface area contributed by atoms with Crippen molar-refractivity contribution in [3.8, 4) is 0 Å². The minimum Gasteiger partial charge on any atom is -0.306 e. The molecule has 3 rings (SSSR count). The number of halogens is 1. The molecule has 0 atom stereocenters. The van der Waals surface area contributed by atoms with E-state index in [1.165, 1.54) is 35.4 Å². The Balaban J connectivity index is 2.43. The molecule has 0 spiro atoms. The average molecular weight is 311 g/mol. The fraction of sp³-hybridized carbons (Fsp3) is 0.154. The highest BCUT2D eigenvalue weighted by molar-refractivity contribution is 7.90. The molecule has 0 bridgehead atoms. The van der Waals surface area contributed by atoms with E-state index in [-0.39, 0.29) is 16.5 Å². The molecule has 7 heteroatoms. The smallest absolute Gasteiger partial charge is 0.275 e. The maximum atomic E-state index is 12.6. The van der Waals surface area contributed by atoms with Gasteiger partial charge in [-0.15, -0.1) is 0 Å². The highest BCUT2D eigenvalue weighted by Gasteiger charge is 2.34. The molecule has 1 aliphatic heterocycles. The van der Waals surface area contributed by atoms with E-state index in [4.69, 9.17) is 11.6 Å². The van der Waals surface area contributed by atoms with Gasteiger partial charge in [0.15, 0.2) is 0 Å². The lowest BCUT2D eigenvalue weighted by molar-refractivity contribution is 0.0983. The van der Waals surface area contributed by atoms with E-state index < -0.39 is 10.0 Å². The van der Waals surface area contributed by atoms with Crippen LogP contribution >= 0.6 is 11.6 Å². The van der Waals surface area contributed by atoms with Gasteiger partial charge in [0.25, 0.3) is 15.9 Å². The van der Waals surface area contributed by atoms with Gasteiger partial charge in [0.1, 0.15) is 10.6 Å². The number of hydrogen-bond acceptors (Lipinski definition) is 3. The molecule has 0 fully saturated rings. The van der Waals surface area contributed by atoms with E-state index in [1.54, 1.807) is 13.0 Å². The van der Waals surface area contributed by atoms with Crippen LogP contribution in [0.4, 0.5) is 5.69 Å². The Bertz CT molecular complexity index is 811. The number of hydrogen-bond donors (Lipinski definition) is 0. The number of amides is 1. The van der Waals surface area contributed by atoms with Gasteiger partial charge in [0.05, 0.1) is 5.69 Å². The highest BCUT2D eigenvalue weighted by atomic mass is 35.5. The fourth-order valence-corrected chi connectivity index (χ4v) is 4.01. The van der Waals surface area contributed by atoms with Crippen LogP contribution in [0.15, 0.2) is 41.4 Å². The van der Waals surface area contributed by atoms with Crippen molar-refractivity contribution in [2.45, 2.75) is 11.8 Å². The molecular weight excluding hydrogens is 300 g/mol. The molecule has 2 heterocycles. The lowest BCUT2D eigenvalue weighted by Gasteiger charge is -2.20. The van der Waals surface area contributed by atoms with Crippen LogP contribution in [0.25, 0.3) is 0 Å². The summed E-state index contributed by atoms with van der Waals surface area (Å²) in [7, 11) is -3.79. The van der Waals surface area contributed by atoms with E-state index in [1.807, 2.05) is 0 Å². The lowest BCUT2D eigenvalue weighted by atomic mass is 10.2. The first-order chi connectivity index (χ1) is 9.46. The number of benzene rings is 1. The topological polar surface area (TPSA) is 59.4 Å². The maximum absolute atomic E-state index is 12.6. The normalized spacial score (nSPS) is 16.5. The van der Waals surface area contributed by atoms with Crippen molar-refractivity contribution in [2.75, 3.05) is 11.4 Å². The number of nitrogens with zero attached hydrogens (tertiary/aromatic N) is 2. The molecule has 0 radical (unpaired) electrons. The predicted octanol–water partition coefficient (Wildman–Crippen LogP) is 2.36. The van der Waals surface area contributed by atoms with Crippen molar-refractivity contribution in [2.24, 2.45) is 0 Å². The molecule has 1 aliphatic rings. The third-order valence-electron chi connectivity index (χ3n) is 3.24. The van der Waals surface area contributed by atoms with Gasteiger partial charge in [-0.3, -0.25) is 4.79 Å². The molecule has 0 saturated carbocycles. The molecule has 0 saturated heterocycles. The number of rotatable bonds is 1. The van der Waals surface area contributed by atoms with Crippen molar-refractivity contribution in [1.82, 2.24) is 3.97 Å². The van der Waals surface area contributed by atoms with E-state index in [0.717, 1.165) is 3.97 Å². The van der Waals surface area contributed by atoms with Crippen LogP contribution in [-0.2, 0) is 10.0 Å². The van der Waals surface area contributed by atoms with Gasteiger partial charge in [-0.2, -0.15) is 0 Å². The van der Waals surface area contributed by atoms with Crippen LogP contribution < -0.4 is 4.90 Å². The van der Waals surface area contributed by atoms with Crippen LogP contribution in [-0.4, -0.2) is 24.8 Å². The Labute approximate surface area is 121 Å². The molecule has 1 aromatic heterocycles. The molecular formula is C13H11ClN2O3S. The Hall–Kier alpha value is -1.79. The standard InChI is InChI=1S/C13H11ClN2O3S/c1-2-15-11-8-9(14)5-6-12(11)20(18,19)16-7-3-4-10(16)13(15)17/h3-8H,2H2,1H3. The number of fused-ring (bicyclic) bond motifs is 2. The van der Waals surface area contributed by atoms with E-state index in [9.17, 15) is 13.2 Å². The van der Waals surface area contributed by atoms with Crippen LogP contribution in [0.2, 0.25) is 5.02 Å². The number of carbonyl (C=O) groups is 1. The number of carbonyl (C=O) groups excluding carboxylic acids is 1. The minimum absolute atomic E-state index is 0.0760. The second-order valence-corrected chi connectivity index (χ2v) is 6.58. The summed E-state index contributed by atoms with van der Waals surface area (Å²) in [5.41, 5.74) is 0.438. The summed E-state index contributed by atoms with van der Waals surface area (Å²) >= 11 is 5.94. The average Bonchev–Trinajstić information content (AvgIpc) is 2.86. The third kappa shape index (κ3) is 1.68. The summed E-state index contributed by atoms with van der Waals surface area (Å²) in [6.45, 7) is 2.14. The van der Waals surface area contributed by atoms with Gasteiger partial charge in [0.2, 0.25) is 0 Å². The quantitative estimate of drug-likeness (QED) is 0.812. The molecule has 104 valence electrons. The lowest BCUT2D eigenvalue weighted by Crippen LogP contribution is -2.30. The summed E-state index contributed by atoms with van der Waals surface area (Å²) < 4.78 is 26.3. The highest BCUT2D eigenvalue weighted by Crippen LogP contribution is 2.34. The van der Waals surface area contributed by atoms with E-state index in [0.29, 0.717) is 17.3 Å². The van der Waals surface area contributed by atoms with Gasteiger partial charge in [0, 0.05) is 17.8 Å². The largest absolute Gasteiger partial charge is 0.306 e. The Morgan fingerprint density at radius 1 is 1.25 bits per heavy atom. The molecule has 0 aliphatic carbocycles. The zero-order valence-corrected chi connectivity index (χ0v) is 12.1. The summed E-state index contributed by atoms with van der Waals surface area (Å²) in [6.07, 6.45) is 1.38. The van der Waals surface area contributed by atoms with Crippen molar-refractivity contribution in [3.63, 3.8) is 0 Å². The van der Waals surface area contributed by atoms with Gasteiger partial charge in [-0.1, -0.05) is 11.6 Å². The number of anilines is 1. The van der Waals surface area contributed by atoms with Gasteiger partial charge in [-0.05, 0) is 37.3 Å². The van der Waals surface area contributed by atoms with Crippen molar-refractivity contribution in [1.29, 1.82) is 0 Å². The zero-order valence-electron chi connectivity index (χ0n) is 10.6. The summed E-state index contributed by atoms with van der Waals surface area (Å²) in [6, 6.07) is 7.47. The maximum Gasteiger partial charge on any atom is 0.275 e. The van der Waals surface area contributed by atoms with Gasteiger partial charge >= 0.3 is 0 Å². The second-order valence-electron chi connectivity index (χ2n) is 4.36. The third-order valence-corrected chi connectivity index (χ3v) is 5.21. The molecule has 0 unspecified atom stereocenters. The zero-order chi connectivity index (χ0) is 14.5. The van der Waals surface area contributed by atoms with Crippen LogP contribution in [0.3, 0.4) is 0 Å². The first kappa shape index (κ1) is 13.2. The summed E-state index contributed by atoms with van der Waals surface area (Å²) in [4.78, 5) is 14.0. The first-order valence-electron chi connectivity index (χ1n) is 6.01. The molecule has 20 heavy (non-hydrogen) atoms. The van der Waals surface area contributed by atoms with E-state index >= 15 is 0 Å². The molecule has 1 aromatic carbocycles. The monoisotopic (exact) mass is 310 g/mol. The predicted molar refractivity (Wildman–Crippen MR) is 75.8 cm³/mol. The van der Waals surface area contributed by atoms with Gasteiger partial charge < -0.3 is 4.90 Å². The summed E-state index contributed by atoms with van der Waals surface area (Å²) in [5.74, 6) is -0.359. The second kappa shape index (κ2) is 4.36. The number of aromatic nitrogens is 1. The van der Waals surface area contributed by atoms with Crippen LogP contribution in [0, 0.1) is 0 Å². The van der Waals surface area contributed by atoms with Crippen LogP contribution in [0.5, 0.6) is 0 Å². The molecule has 2 aromatic rings. The molecule has 5 nitrogen and oxygen atoms in total. The van der Waals surface area contributed by atoms with E-state index in [2.05, 4.69) is 0 Å². The molecule has 0 N–H and O–H groups in total. The Kier molecular flexibility index (Phi) is 2.88. The fourth-order valence-electron chi connectivity index (χ4n) is 2.33. The summed E-state index contributed by atoms with van der Waals surface area (Å²) in [5, 5.41) is 0.386. The Morgan fingerprint density at radius 2 is 2.00 bits per heavy atom. The molecule has 1 amide bonds. The Morgan fingerprint density at radius 3 is 2.70 bits per heavy atom.